The van der Waals surface area contributed by atoms with Gasteiger partial charge >= 0.3 is 0 Å². The van der Waals surface area contributed by atoms with Gasteiger partial charge in [-0.05, 0) is 29.8 Å². The molecule has 0 aliphatic heterocycles. The van der Waals surface area contributed by atoms with Crippen LogP contribution >= 0.6 is 0 Å². The second-order valence-electron chi connectivity index (χ2n) is 5.18. The van der Waals surface area contributed by atoms with Gasteiger partial charge in [0.25, 0.3) is 0 Å². The highest BCUT2D eigenvalue weighted by Gasteiger charge is 1.96. The van der Waals surface area contributed by atoms with Crippen molar-refractivity contribution in [2.24, 2.45) is 0 Å². The van der Waals surface area contributed by atoms with Crippen molar-refractivity contribution in [1.29, 1.82) is 0 Å². The average molecular weight is 304 g/mol. The molecule has 0 atom stereocenters. The smallest absolute Gasteiger partial charge is 0.0405 e. The van der Waals surface area contributed by atoms with Crippen LogP contribution in [0.5, 0.6) is 0 Å². The first-order valence-corrected chi connectivity index (χ1v) is 7.81. The van der Waals surface area contributed by atoms with E-state index in [1.54, 1.807) is 0 Å². The van der Waals surface area contributed by atoms with Crippen molar-refractivity contribution in [1.82, 2.24) is 0 Å². The lowest BCUT2D eigenvalue weighted by atomic mass is 10.1. The van der Waals surface area contributed by atoms with Crippen LogP contribution in [0, 0.1) is 23.7 Å². The predicted octanol–water partition coefficient (Wildman–Crippen LogP) is 5.17. The first kappa shape index (κ1) is 15.4. The van der Waals surface area contributed by atoms with E-state index in [0.29, 0.717) is 0 Å². The molecule has 0 aliphatic carbocycles. The molecule has 0 amide bonds. The van der Waals surface area contributed by atoms with E-state index < -0.39 is 0 Å². The lowest BCUT2D eigenvalue weighted by molar-refractivity contribution is 1.62. The van der Waals surface area contributed by atoms with Crippen LogP contribution in [-0.2, 0) is 0 Å². The van der Waals surface area contributed by atoms with Gasteiger partial charge in [0.2, 0.25) is 0 Å². The first-order chi connectivity index (χ1) is 11.9. The molecule has 3 aromatic rings. The van der Waals surface area contributed by atoms with Crippen molar-refractivity contribution in [2.45, 2.75) is 0 Å². The minimum absolute atomic E-state index is 0.919. The number of hydrogen-bond donors (Lipinski definition) is 0. The highest BCUT2D eigenvalue weighted by Crippen LogP contribution is 2.13. The summed E-state index contributed by atoms with van der Waals surface area (Å²) in [7, 11) is 0. The molecule has 0 heteroatoms. The van der Waals surface area contributed by atoms with E-state index in [1.807, 2.05) is 84.9 Å². The molecule has 0 nitrogen and oxygen atoms in total. The van der Waals surface area contributed by atoms with Gasteiger partial charge in [-0.25, -0.2) is 0 Å². The third-order valence-electron chi connectivity index (χ3n) is 3.41. The van der Waals surface area contributed by atoms with Crippen molar-refractivity contribution in [3.63, 3.8) is 0 Å². The van der Waals surface area contributed by atoms with Crippen LogP contribution in [0.15, 0.2) is 97.1 Å². The van der Waals surface area contributed by atoms with Gasteiger partial charge in [-0.15, -0.1) is 0 Å². The summed E-state index contributed by atoms with van der Waals surface area (Å²) < 4.78 is 0. The zero-order valence-electron chi connectivity index (χ0n) is 13.2. The summed E-state index contributed by atoms with van der Waals surface area (Å²) in [5, 5.41) is 0. The first-order valence-electron chi connectivity index (χ1n) is 7.81. The van der Waals surface area contributed by atoms with Gasteiger partial charge < -0.3 is 0 Å². The Morgan fingerprint density at radius 2 is 1.08 bits per heavy atom. The normalized spacial score (nSPS) is 10.1. The van der Waals surface area contributed by atoms with E-state index in [4.69, 9.17) is 0 Å². The molecule has 0 N–H and O–H groups in total. The van der Waals surface area contributed by atoms with Crippen molar-refractivity contribution >= 4 is 5.57 Å². The van der Waals surface area contributed by atoms with Gasteiger partial charge in [-0.2, -0.15) is 0 Å². The molecule has 3 rings (SSSR count). The Bertz CT molecular complexity index is 926. The minimum Gasteiger partial charge on any atom is -0.0683 e. The second kappa shape index (κ2) is 8.23. The van der Waals surface area contributed by atoms with Crippen LogP contribution in [0.1, 0.15) is 16.7 Å². The van der Waals surface area contributed by atoms with E-state index in [9.17, 15) is 0 Å². The molecule has 24 heavy (non-hydrogen) atoms. The SMILES string of the molecule is C(#Cc1ccccc1)/C=C(/C#Cc1ccccc1)c1ccccc1. The zero-order valence-corrected chi connectivity index (χ0v) is 13.2. The highest BCUT2D eigenvalue weighted by atomic mass is 14.0. The fourth-order valence-corrected chi connectivity index (χ4v) is 2.18. The van der Waals surface area contributed by atoms with E-state index in [2.05, 4.69) is 35.8 Å². The van der Waals surface area contributed by atoms with Crippen molar-refractivity contribution in [3.05, 3.63) is 114 Å². The van der Waals surface area contributed by atoms with Crippen LogP contribution in [0.25, 0.3) is 5.57 Å². The molecule has 3 aromatic carbocycles. The van der Waals surface area contributed by atoms with Gasteiger partial charge in [-0.1, -0.05) is 90.4 Å². The van der Waals surface area contributed by atoms with E-state index in [1.165, 1.54) is 0 Å². The molecule has 0 spiro atoms. The maximum atomic E-state index is 3.25. The summed E-state index contributed by atoms with van der Waals surface area (Å²) in [5.41, 5.74) is 3.98. The highest BCUT2D eigenvalue weighted by molar-refractivity contribution is 5.81. The Morgan fingerprint density at radius 1 is 0.583 bits per heavy atom. The fourth-order valence-electron chi connectivity index (χ4n) is 2.18. The average Bonchev–Trinajstić information content (AvgIpc) is 2.67. The number of hydrogen-bond acceptors (Lipinski definition) is 0. The standard InChI is InChI=1S/C24H16/c1-4-11-21(12-5-1)15-10-18-24(23-16-8-3-9-17-23)20-19-22-13-6-2-7-14-22/h1-9,11-14,16-18H/b24-18-. The molecule has 0 bridgehead atoms. The maximum absolute atomic E-state index is 3.25. The number of rotatable bonds is 1. The molecule has 0 fully saturated rings. The van der Waals surface area contributed by atoms with Crippen LogP contribution in [0.2, 0.25) is 0 Å². The molecule has 0 heterocycles. The third kappa shape index (κ3) is 4.51. The molecular formula is C24H16. The third-order valence-corrected chi connectivity index (χ3v) is 3.41. The summed E-state index contributed by atoms with van der Waals surface area (Å²) in [5.74, 6) is 12.7. The molecule has 0 radical (unpaired) electrons. The van der Waals surface area contributed by atoms with Crippen LogP contribution in [-0.4, -0.2) is 0 Å². The van der Waals surface area contributed by atoms with Crippen LogP contribution in [0.4, 0.5) is 0 Å². The van der Waals surface area contributed by atoms with Crippen LogP contribution in [0.3, 0.4) is 0 Å². The second-order valence-corrected chi connectivity index (χ2v) is 5.18. The van der Waals surface area contributed by atoms with Gasteiger partial charge in [0.15, 0.2) is 0 Å². The molecule has 0 saturated heterocycles. The van der Waals surface area contributed by atoms with Crippen LogP contribution < -0.4 is 0 Å². The molecule has 0 aromatic heterocycles. The Balaban J connectivity index is 1.93. The summed E-state index contributed by atoms with van der Waals surface area (Å²) >= 11 is 0. The van der Waals surface area contributed by atoms with Gasteiger partial charge in [-0.3, -0.25) is 0 Å². The summed E-state index contributed by atoms with van der Waals surface area (Å²) in [6.45, 7) is 0. The molecule has 112 valence electrons. The summed E-state index contributed by atoms with van der Waals surface area (Å²) in [6, 6.07) is 30.1. The largest absolute Gasteiger partial charge is 0.0683 e. The lowest BCUT2D eigenvalue weighted by Crippen LogP contribution is -1.81. The summed E-state index contributed by atoms with van der Waals surface area (Å²) in [6.07, 6.45) is 1.89. The Kier molecular flexibility index (Phi) is 5.29. The fraction of sp³-hybridized carbons (Fsp3) is 0. The lowest BCUT2D eigenvalue weighted by Gasteiger charge is -1.97. The number of benzene rings is 3. The Labute approximate surface area is 143 Å². The predicted molar refractivity (Wildman–Crippen MR) is 101 cm³/mol. The van der Waals surface area contributed by atoms with E-state index >= 15 is 0 Å². The molecule has 0 unspecified atom stereocenters. The van der Waals surface area contributed by atoms with E-state index in [0.717, 1.165) is 22.3 Å². The minimum atomic E-state index is 0.919. The van der Waals surface area contributed by atoms with Crippen molar-refractivity contribution in [2.75, 3.05) is 0 Å². The van der Waals surface area contributed by atoms with Crippen molar-refractivity contribution < 1.29 is 0 Å². The molecule has 0 saturated carbocycles. The van der Waals surface area contributed by atoms with E-state index in [-0.39, 0.29) is 0 Å². The van der Waals surface area contributed by atoms with Crippen molar-refractivity contribution in [3.8, 4) is 23.7 Å². The van der Waals surface area contributed by atoms with Gasteiger partial charge in [0.05, 0.1) is 0 Å². The quantitative estimate of drug-likeness (QED) is 0.544. The molecule has 0 aliphatic rings. The maximum Gasteiger partial charge on any atom is 0.0405 e. The Hall–Kier alpha value is -3.48. The summed E-state index contributed by atoms with van der Waals surface area (Å²) in [4.78, 5) is 0. The Morgan fingerprint density at radius 3 is 1.67 bits per heavy atom. The van der Waals surface area contributed by atoms with Gasteiger partial charge in [0, 0.05) is 22.8 Å². The topological polar surface area (TPSA) is 0 Å². The zero-order chi connectivity index (χ0) is 16.5. The monoisotopic (exact) mass is 304 g/mol. The molecular weight excluding hydrogens is 288 g/mol. The van der Waals surface area contributed by atoms with Gasteiger partial charge in [0.1, 0.15) is 0 Å². The number of allylic oxidation sites excluding steroid dienone is 2.